The maximum atomic E-state index is 9.90. The highest BCUT2D eigenvalue weighted by Gasteiger charge is 2.39. The van der Waals surface area contributed by atoms with E-state index in [9.17, 15) is 5.26 Å². The number of allylic oxidation sites excluding steroid dienone is 2. The molecule has 2 aliphatic carbocycles. The number of fused-ring (bicyclic) bond motifs is 10. The molecule has 2 unspecified atom stereocenters. The van der Waals surface area contributed by atoms with Crippen LogP contribution in [0.5, 0.6) is 0 Å². The molecule has 1 aliphatic heterocycles. The average molecular weight is 553 g/mol. The summed E-state index contributed by atoms with van der Waals surface area (Å²) in [5.74, 6) is 0.291. The first kappa shape index (κ1) is 24.3. The molecule has 0 amide bonds. The number of rotatable bonds is 2. The van der Waals surface area contributed by atoms with Crippen LogP contribution in [0.2, 0.25) is 0 Å². The van der Waals surface area contributed by atoms with Gasteiger partial charge < -0.3 is 9.32 Å². The first-order chi connectivity index (χ1) is 21.0. The minimum Gasteiger partial charge on any atom is -0.456 e. The molecule has 0 N–H and O–H groups in total. The minimum absolute atomic E-state index is 0.155. The van der Waals surface area contributed by atoms with E-state index in [1.54, 1.807) is 0 Å². The zero-order valence-corrected chi connectivity index (χ0v) is 24.0. The van der Waals surface area contributed by atoms with E-state index in [0.717, 1.165) is 38.8 Å². The Balaban J connectivity index is 1.25. The third-order valence-corrected chi connectivity index (χ3v) is 9.81. The number of nitrogens with zero attached hydrogens (tertiary/aromatic N) is 2. The summed E-state index contributed by atoms with van der Waals surface area (Å²) in [6.45, 7) is 4.59. The molecule has 0 saturated heterocycles. The van der Waals surface area contributed by atoms with Crippen molar-refractivity contribution in [2.24, 2.45) is 0 Å². The number of furan rings is 1. The van der Waals surface area contributed by atoms with Gasteiger partial charge in [-0.1, -0.05) is 92.7 Å². The smallest absolute Gasteiger partial charge is 0.140 e. The number of para-hydroxylation sites is 1. The second kappa shape index (κ2) is 8.60. The highest BCUT2D eigenvalue weighted by Crippen LogP contribution is 2.53. The van der Waals surface area contributed by atoms with Gasteiger partial charge in [-0.05, 0) is 70.3 Å². The largest absolute Gasteiger partial charge is 0.456 e. The van der Waals surface area contributed by atoms with Gasteiger partial charge in [0, 0.05) is 44.6 Å². The summed E-state index contributed by atoms with van der Waals surface area (Å²) < 4.78 is 6.67. The van der Waals surface area contributed by atoms with E-state index in [4.69, 9.17) is 4.42 Å². The van der Waals surface area contributed by atoms with Crippen molar-refractivity contribution in [2.45, 2.75) is 31.2 Å². The molecule has 3 nitrogen and oxygen atoms in total. The van der Waals surface area contributed by atoms with Gasteiger partial charge in [0.2, 0.25) is 0 Å². The van der Waals surface area contributed by atoms with E-state index >= 15 is 0 Å². The molecule has 5 aromatic carbocycles. The molecular formula is C40H28N2O. The van der Waals surface area contributed by atoms with Crippen LogP contribution in [0, 0.1) is 11.3 Å². The van der Waals surface area contributed by atoms with E-state index in [1.807, 2.05) is 12.1 Å². The van der Waals surface area contributed by atoms with Crippen LogP contribution in [-0.2, 0) is 5.41 Å². The summed E-state index contributed by atoms with van der Waals surface area (Å²) >= 11 is 0. The Bertz CT molecular complexity index is 2260. The van der Waals surface area contributed by atoms with Crippen molar-refractivity contribution < 1.29 is 4.42 Å². The van der Waals surface area contributed by atoms with E-state index in [2.05, 4.69) is 134 Å². The molecule has 2 heterocycles. The first-order valence-corrected chi connectivity index (χ1v) is 14.9. The van der Waals surface area contributed by atoms with Crippen molar-refractivity contribution in [1.82, 2.24) is 0 Å². The lowest BCUT2D eigenvalue weighted by Gasteiger charge is -2.30. The molecule has 0 saturated carbocycles. The SMILES string of the molecule is CC1(C)c2ccccc2-c2ccc3c(oc4ccc(-c5cc(C#N)ccc5N5c6ccccc6C6C=CC=CC65)cc43)c21. The van der Waals surface area contributed by atoms with Gasteiger partial charge in [0.15, 0.2) is 0 Å². The summed E-state index contributed by atoms with van der Waals surface area (Å²) in [4.78, 5) is 2.45. The van der Waals surface area contributed by atoms with Crippen LogP contribution in [0.4, 0.5) is 11.4 Å². The molecule has 6 aromatic rings. The first-order valence-electron chi connectivity index (χ1n) is 14.9. The summed E-state index contributed by atoms with van der Waals surface area (Å²) in [5, 5.41) is 12.1. The Morgan fingerprint density at radius 2 is 1.58 bits per heavy atom. The highest BCUT2D eigenvalue weighted by atomic mass is 16.3. The van der Waals surface area contributed by atoms with Crippen LogP contribution < -0.4 is 4.90 Å². The zero-order chi connectivity index (χ0) is 28.9. The highest BCUT2D eigenvalue weighted by molar-refractivity contribution is 6.10. The molecule has 2 atom stereocenters. The summed E-state index contributed by atoms with van der Waals surface area (Å²) in [6, 6.07) is 37.0. The predicted molar refractivity (Wildman–Crippen MR) is 175 cm³/mol. The molecule has 43 heavy (non-hydrogen) atoms. The average Bonchev–Trinajstić information content (AvgIpc) is 3.66. The van der Waals surface area contributed by atoms with Gasteiger partial charge in [-0.3, -0.25) is 0 Å². The second-order valence-electron chi connectivity index (χ2n) is 12.4. The molecule has 3 aliphatic rings. The molecule has 204 valence electrons. The molecule has 0 bridgehead atoms. The molecule has 3 heteroatoms. The maximum absolute atomic E-state index is 9.90. The second-order valence-corrected chi connectivity index (χ2v) is 12.4. The Hall–Kier alpha value is -5.33. The van der Waals surface area contributed by atoms with Crippen LogP contribution in [0.1, 0.15) is 42.0 Å². The van der Waals surface area contributed by atoms with Crippen molar-refractivity contribution in [2.75, 3.05) is 4.90 Å². The quantitative estimate of drug-likeness (QED) is 0.215. The van der Waals surface area contributed by atoms with Crippen LogP contribution in [-0.4, -0.2) is 6.04 Å². The fourth-order valence-corrected chi connectivity index (χ4v) is 7.87. The number of nitriles is 1. The molecule has 0 radical (unpaired) electrons. The zero-order valence-electron chi connectivity index (χ0n) is 24.0. The summed E-state index contributed by atoms with van der Waals surface area (Å²) in [6.07, 6.45) is 8.88. The lowest BCUT2D eigenvalue weighted by molar-refractivity contribution is 0.620. The van der Waals surface area contributed by atoms with Gasteiger partial charge in [0.25, 0.3) is 0 Å². The van der Waals surface area contributed by atoms with E-state index in [-0.39, 0.29) is 11.5 Å². The van der Waals surface area contributed by atoms with Crippen molar-refractivity contribution >= 4 is 33.3 Å². The number of benzene rings is 5. The Labute approximate surface area is 250 Å². The Morgan fingerprint density at radius 3 is 2.49 bits per heavy atom. The van der Waals surface area contributed by atoms with Crippen LogP contribution in [0.3, 0.4) is 0 Å². The normalized spacial score (nSPS) is 18.9. The van der Waals surface area contributed by atoms with Gasteiger partial charge >= 0.3 is 0 Å². The van der Waals surface area contributed by atoms with Gasteiger partial charge in [-0.2, -0.15) is 5.26 Å². The van der Waals surface area contributed by atoms with Crippen molar-refractivity contribution in [3.05, 3.63) is 144 Å². The predicted octanol–water partition coefficient (Wildman–Crippen LogP) is 10.2. The summed E-state index contributed by atoms with van der Waals surface area (Å²) in [5.41, 5.74) is 13.2. The number of hydrogen-bond acceptors (Lipinski definition) is 3. The molecule has 0 fully saturated rings. The number of anilines is 2. The molecule has 0 spiro atoms. The Morgan fingerprint density at radius 1 is 0.744 bits per heavy atom. The molecule has 1 aromatic heterocycles. The van der Waals surface area contributed by atoms with Crippen LogP contribution in [0.25, 0.3) is 44.2 Å². The topological polar surface area (TPSA) is 40.2 Å². The third kappa shape index (κ3) is 3.24. The minimum atomic E-state index is -0.155. The van der Waals surface area contributed by atoms with Crippen LogP contribution >= 0.6 is 0 Å². The fourth-order valence-electron chi connectivity index (χ4n) is 7.87. The standard InChI is InChI=1S/C40H28N2O/c1-40(2)33-12-6-3-9-26(33)29-17-18-30-32-22-25(16-20-37(32)43-39(30)38(29)40)31-21-24(23-41)15-19-36(31)42-34-13-7-4-10-27(34)28-11-5-8-14-35(28)42/h3-22,27,34H,1-2H3. The van der Waals surface area contributed by atoms with Crippen molar-refractivity contribution in [3.63, 3.8) is 0 Å². The van der Waals surface area contributed by atoms with Gasteiger partial charge in [0.05, 0.1) is 17.7 Å². The Kier molecular flexibility index (Phi) is 4.86. The lowest BCUT2D eigenvalue weighted by Crippen LogP contribution is -2.29. The van der Waals surface area contributed by atoms with E-state index < -0.39 is 0 Å². The monoisotopic (exact) mass is 552 g/mol. The van der Waals surface area contributed by atoms with E-state index in [0.29, 0.717) is 11.5 Å². The summed E-state index contributed by atoms with van der Waals surface area (Å²) in [7, 11) is 0. The van der Waals surface area contributed by atoms with Gasteiger partial charge in [-0.15, -0.1) is 0 Å². The van der Waals surface area contributed by atoms with Gasteiger partial charge in [0.1, 0.15) is 11.2 Å². The molecule has 9 rings (SSSR count). The van der Waals surface area contributed by atoms with Crippen LogP contribution in [0.15, 0.2) is 126 Å². The van der Waals surface area contributed by atoms with E-state index in [1.165, 1.54) is 33.5 Å². The van der Waals surface area contributed by atoms with Crippen molar-refractivity contribution in [3.8, 4) is 28.3 Å². The maximum Gasteiger partial charge on any atom is 0.140 e. The lowest BCUT2D eigenvalue weighted by atomic mass is 9.82. The number of hydrogen-bond donors (Lipinski definition) is 0. The van der Waals surface area contributed by atoms with Crippen molar-refractivity contribution in [1.29, 1.82) is 5.26 Å². The molecular weight excluding hydrogens is 524 g/mol. The third-order valence-electron chi connectivity index (χ3n) is 9.81. The van der Waals surface area contributed by atoms with Gasteiger partial charge in [-0.25, -0.2) is 0 Å². The fraction of sp³-hybridized carbons (Fsp3) is 0.125.